The number of para-hydroxylation sites is 1. The molecule has 0 aromatic heterocycles. The van der Waals surface area contributed by atoms with Crippen LogP contribution >= 0.6 is 0 Å². The number of benzene rings is 3. The molecule has 1 amide bonds. The molecule has 1 aliphatic rings. The number of carbonyl (C=O) groups is 1. The van der Waals surface area contributed by atoms with Crippen molar-refractivity contribution in [3.63, 3.8) is 0 Å². The maximum absolute atomic E-state index is 13.7. The van der Waals surface area contributed by atoms with Gasteiger partial charge in [-0.25, -0.2) is 8.42 Å². The summed E-state index contributed by atoms with van der Waals surface area (Å²) in [6, 6.07) is 18.2. The summed E-state index contributed by atoms with van der Waals surface area (Å²) in [6.07, 6.45) is -0.403. The first-order chi connectivity index (χ1) is 20.1. The van der Waals surface area contributed by atoms with Crippen molar-refractivity contribution in [1.82, 2.24) is 9.80 Å². The number of nitrogens with one attached hydrogen (secondary N) is 1. The predicted octanol–water partition coefficient (Wildman–Crippen LogP) is 3.86. The molecule has 4 rings (SSSR count). The van der Waals surface area contributed by atoms with Crippen LogP contribution in [0.1, 0.15) is 29.8 Å². The summed E-state index contributed by atoms with van der Waals surface area (Å²) in [5.41, 5.74) is 1.47. The fourth-order valence-electron chi connectivity index (χ4n) is 4.91. The van der Waals surface area contributed by atoms with Crippen LogP contribution in [0, 0.1) is 5.92 Å². The number of amides is 1. The zero-order chi connectivity index (χ0) is 30.4. The number of methoxy groups -OCH3 is 2. The Morgan fingerprint density at radius 2 is 1.67 bits per heavy atom. The molecule has 0 fully saturated rings. The van der Waals surface area contributed by atoms with E-state index in [1.807, 2.05) is 38.2 Å². The number of sulfonamides is 1. The third kappa shape index (κ3) is 7.15. The molecule has 11 heteroatoms. The zero-order valence-corrected chi connectivity index (χ0v) is 25.4. The average Bonchev–Trinajstić information content (AvgIpc) is 2.99. The van der Waals surface area contributed by atoms with Crippen molar-refractivity contribution in [3.05, 3.63) is 77.9 Å². The van der Waals surface area contributed by atoms with Gasteiger partial charge in [0.05, 0.1) is 43.0 Å². The molecule has 10 nitrogen and oxygen atoms in total. The van der Waals surface area contributed by atoms with Crippen LogP contribution in [-0.2, 0) is 16.6 Å². The molecule has 3 aromatic rings. The summed E-state index contributed by atoms with van der Waals surface area (Å²) < 4.78 is 46.3. The van der Waals surface area contributed by atoms with Crippen LogP contribution in [0.3, 0.4) is 0 Å². The van der Waals surface area contributed by atoms with E-state index < -0.39 is 22.2 Å². The van der Waals surface area contributed by atoms with Gasteiger partial charge in [0.15, 0.2) is 5.75 Å². The van der Waals surface area contributed by atoms with E-state index in [9.17, 15) is 18.3 Å². The molecule has 1 aliphatic heterocycles. The van der Waals surface area contributed by atoms with Crippen LogP contribution in [-0.4, -0.2) is 82.3 Å². The summed E-state index contributed by atoms with van der Waals surface area (Å²) >= 11 is 0. The maximum Gasteiger partial charge on any atom is 0.262 e. The van der Waals surface area contributed by atoms with Gasteiger partial charge in [0, 0.05) is 25.6 Å². The number of nitrogens with zero attached hydrogens (tertiary/aromatic N) is 2. The number of anilines is 1. The first-order valence-electron chi connectivity index (χ1n) is 13.8. The quantitative estimate of drug-likeness (QED) is 0.342. The van der Waals surface area contributed by atoms with Crippen LogP contribution < -0.4 is 18.9 Å². The van der Waals surface area contributed by atoms with Gasteiger partial charge >= 0.3 is 0 Å². The lowest BCUT2D eigenvalue weighted by Crippen LogP contribution is -2.49. The maximum atomic E-state index is 13.7. The number of carbonyl (C=O) groups excluding carboxylic acids is 1. The fourth-order valence-corrected chi connectivity index (χ4v) is 5.98. The van der Waals surface area contributed by atoms with Crippen LogP contribution in [0.2, 0.25) is 0 Å². The van der Waals surface area contributed by atoms with Gasteiger partial charge in [-0.1, -0.05) is 25.1 Å². The molecule has 0 saturated carbocycles. The Balaban J connectivity index is 1.68. The Labute approximate surface area is 247 Å². The van der Waals surface area contributed by atoms with Gasteiger partial charge in [-0.05, 0) is 68.1 Å². The first kappa shape index (κ1) is 31.1. The molecule has 0 saturated heterocycles. The molecule has 0 radical (unpaired) electrons. The van der Waals surface area contributed by atoms with Crippen molar-refractivity contribution in [2.24, 2.45) is 5.92 Å². The van der Waals surface area contributed by atoms with Crippen molar-refractivity contribution in [2.75, 3.05) is 45.7 Å². The van der Waals surface area contributed by atoms with Crippen molar-refractivity contribution < 1.29 is 32.5 Å². The monoisotopic (exact) mass is 597 g/mol. The number of aliphatic hydroxyl groups is 1. The van der Waals surface area contributed by atoms with E-state index in [-0.39, 0.29) is 40.3 Å². The molecule has 2 N–H and O–H groups in total. The molecular formula is C31H39N3O7S. The normalized spacial score (nSPS) is 18.0. The van der Waals surface area contributed by atoms with Gasteiger partial charge < -0.3 is 24.2 Å². The standard InChI is InChI=1S/C31H39N3O7S/c1-21-17-34(22(2)20-35)31(36)27-7-6-8-28(32-42(37,38)26-15-13-25(40-5)14-16-26)30(27)41-29(21)19-33(3)18-23-9-11-24(39-4)12-10-23/h6-16,21-22,29,32,35H,17-20H2,1-5H3/t21-,22-,29+/m0/s1. The number of hydrogen-bond donors (Lipinski definition) is 2. The molecule has 42 heavy (non-hydrogen) atoms. The predicted molar refractivity (Wildman–Crippen MR) is 161 cm³/mol. The van der Waals surface area contributed by atoms with Crippen LogP contribution in [0.15, 0.2) is 71.6 Å². The van der Waals surface area contributed by atoms with Crippen molar-refractivity contribution in [1.29, 1.82) is 0 Å². The van der Waals surface area contributed by atoms with E-state index in [1.165, 1.54) is 19.2 Å². The van der Waals surface area contributed by atoms with E-state index in [2.05, 4.69) is 9.62 Å². The number of fused-ring (bicyclic) bond motifs is 1. The first-order valence-corrected chi connectivity index (χ1v) is 15.2. The lowest BCUT2D eigenvalue weighted by molar-refractivity contribution is 0.0344. The third-order valence-corrected chi connectivity index (χ3v) is 8.79. The highest BCUT2D eigenvalue weighted by atomic mass is 32.2. The number of rotatable bonds is 11. The number of likely N-dealkylation sites (N-methyl/N-ethyl adjacent to an activating group) is 1. The van der Waals surface area contributed by atoms with Crippen molar-refractivity contribution in [3.8, 4) is 17.2 Å². The fraction of sp³-hybridized carbons (Fsp3) is 0.387. The minimum absolute atomic E-state index is 0.0396. The highest BCUT2D eigenvalue weighted by Gasteiger charge is 2.35. The van der Waals surface area contributed by atoms with E-state index in [1.54, 1.807) is 49.3 Å². The Kier molecular flexibility index (Phi) is 9.97. The van der Waals surface area contributed by atoms with E-state index in [0.29, 0.717) is 25.4 Å². The van der Waals surface area contributed by atoms with Gasteiger partial charge in [0.25, 0.3) is 15.9 Å². The lowest BCUT2D eigenvalue weighted by atomic mass is 9.99. The molecule has 226 valence electrons. The molecule has 3 atom stereocenters. The van der Waals surface area contributed by atoms with Crippen LogP contribution in [0.4, 0.5) is 5.69 Å². The average molecular weight is 598 g/mol. The summed E-state index contributed by atoms with van der Waals surface area (Å²) in [5.74, 6) is 0.988. The topological polar surface area (TPSA) is 118 Å². The number of aliphatic hydroxyl groups excluding tert-OH is 1. The second-order valence-corrected chi connectivity index (χ2v) is 12.3. The van der Waals surface area contributed by atoms with E-state index >= 15 is 0 Å². The molecule has 1 heterocycles. The highest BCUT2D eigenvalue weighted by Crippen LogP contribution is 2.36. The molecular weight excluding hydrogens is 558 g/mol. The molecule has 0 unspecified atom stereocenters. The van der Waals surface area contributed by atoms with Crippen molar-refractivity contribution >= 4 is 21.6 Å². The summed E-state index contributed by atoms with van der Waals surface area (Å²) in [7, 11) is 1.10. The summed E-state index contributed by atoms with van der Waals surface area (Å²) in [5, 5.41) is 9.94. The lowest BCUT2D eigenvalue weighted by Gasteiger charge is -2.38. The Morgan fingerprint density at radius 1 is 1.05 bits per heavy atom. The molecule has 0 bridgehead atoms. The van der Waals surface area contributed by atoms with Gasteiger partial charge in [-0.3, -0.25) is 14.4 Å². The van der Waals surface area contributed by atoms with Gasteiger partial charge in [0.2, 0.25) is 0 Å². The van der Waals surface area contributed by atoms with Crippen molar-refractivity contribution in [2.45, 2.75) is 37.4 Å². The summed E-state index contributed by atoms with van der Waals surface area (Å²) in [4.78, 5) is 17.5. The smallest absolute Gasteiger partial charge is 0.262 e. The van der Waals surface area contributed by atoms with Crippen LogP contribution in [0.25, 0.3) is 0 Å². The Hall–Kier alpha value is -3.80. The Bertz CT molecular complexity index is 1460. The number of ether oxygens (including phenoxy) is 3. The molecule has 0 aliphatic carbocycles. The van der Waals surface area contributed by atoms with E-state index in [4.69, 9.17) is 14.2 Å². The second kappa shape index (κ2) is 13.5. The van der Waals surface area contributed by atoms with Crippen LogP contribution in [0.5, 0.6) is 17.2 Å². The minimum Gasteiger partial charge on any atom is -0.497 e. The number of hydrogen-bond acceptors (Lipinski definition) is 8. The highest BCUT2D eigenvalue weighted by molar-refractivity contribution is 7.92. The molecule has 3 aromatic carbocycles. The largest absolute Gasteiger partial charge is 0.497 e. The zero-order valence-electron chi connectivity index (χ0n) is 24.6. The minimum atomic E-state index is -4.02. The van der Waals surface area contributed by atoms with Gasteiger partial charge in [0.1, 0.15) is 17.6 Å². The summed E-state index contributed by atoms with van der Waals surface area (Å²) in [6.45, 7) is 5.08. The van der Waals surface area contributed by atoms with E-state index in [0.717, 1.165) is 11.3 Å². The Morgan fingerprint density at radius 3 is 2.26 bits per heavy atom. The molecule has 0 spiro atoms. The second-order valence-electron chi connectivity index (χ2n) is 10.6. The van der Waals surface area contributed by atoms with Gasteiger partial charge in [-0.2, -0.15) is 0 Å². The van der Waals surface area contributed by atoms with Gasteiger partial charge in [-0.15, -0.1) is 0 Å². The SMILES string of the molecule is COc1ccc(CN(C)C[C@H]2Oc3c(NS(=O)(=O)c4ccc(OC)cc4)cccc3C(=O)N([C@@H](C)CO)C[C@@H]2C)cc1. The third-order valence-electron chi connectivity index (χ3n) is 7.41.